The van der Waals surface area contributed by atoms with Crippen LogP contribution in [0.15, 0.2) is 52.0 Å². The summed E-state index contributed by atoms with van der Waals surface area (Å²) in [6, 6.07) is 10.1. The van der Waals surface area contributed by atoms with E-state index in [1.807, 2.05) is 0 Å². The van der Waals surface area contributed by atoms with E-state index < -0.39 is 9.84 Å². The molecule has 2 heterocycles. The number of carbonyl (C=O) groups is 1. The van der Waals surface area contributed by atoms with Crippen LogP contribution >= 0.6 is 0 Å². The molecule has 1 amide bonds. The number of sulfone groups is 1. The van der Waals surface area contributed by atoms with Crippen LogP contribution in [0.1, 0.15) is 35.9 Å². The third-order valence-corrected chi connectivity index (χ3v) is 6.04. The van der Waals surface area contributed by atoms with Crippen molar-refractivity contribution in [1.82, 2.24) is 10.6 Å². The first kappa shape index (κ1) is 17.7. The maximum absolute atomic E-state index is 12.5. The Morgan fingerprint density at radius 3 is 2.76 bits per heavy atom. The Labute approximate surface area is 147 Å². The van der Waals surface area contributed by atoms with Gasteiger partial charge in [0.25, 0.3) is 5.91 Å². The number of benzene rings is 1. The summed E-state index contributed by atoms with van der Waals surface area (Å²) in [5.41, 5.74) is 0.378. The average molecular weight is 362 g/mol. The van der Waals surface area contributed by atoms with Crippen LogP contribution < -0.4 is 10.6 Å². The van der Waals surface area contributed by atoms with E-state index in [2.05, 4.69) is 17.6 Å². The summed E-state index contributed by atoms with van der Waals surface area (Å²) in [5, 5.41) is 6.28. The van der Waals surface area contributed by atoms with Gasteiger partial charge in [-0.05, 0) is 44.5 Å². The van der Waals surface area contributed by atoms with Gasteiger partial charge in [0.2, 0.25) is 0 Å². The van der Waals surface area contributed by atoms with E-state index in [0.717, 1.165) is 19.4 Å². The van der Waals surface area contributed by atoms with Crippen molar-refractivity contribution < 1.29 is 17.6 Å². The van der Waals surface area contributed by atoms with Crippen LogP contribution in [0.5, 0.6) is 0 Å². The van der Waals surface area contributed by atoms with Gasteiger partial charge in [-0.3, -0.25) is 4.79 Å². The summed E-state index contributed by atoms with van der Waals surface area (Å²) >= 11 is 0. The zero-order valence-electron chi connectivity index (χ0n) is 14.1. The number of carbonyl (C=O) groups excluding carboxylic acids is 1. The maximum atomic E-state index is 12.5. The summed E-state index contributed by atoms with van der Waals surface area (Å²) in [6.07, 6.45) is 3.04. The number of piperidine rings is 1. The van der Waals surface area contributed by atoms with E-state index in [9.17, 15) is 13.2 Å². The minimum absolute atomic E-state index is 0.0624. The molecule has 3 rings (SSSR count). The molecule has 2 unspecified atom stereocenters. The Morgan fingerprint density at radius 1 is 1.28 bits per heavy atom. The van der Waals surface area contributed by atoms with Crippen LogP contribution in [0, 0.1) is 0 Å². The minimum atomic E-state index is -3.53. The van der Waals surface area contributed by atoms with Gasteiger partial charge >= 0.3 is 0 Å². The monoisotopic (exact) mass is 362 g/mol. The van der Waals surface area contributed by atoms with Crippen molar-refractivity contribution in [3.63, 3.8) is 0 Å². The van der Waals surface area contributed by atoms with Crippen LogP contribution in [0.4, 0.5) is 0 Å². The standard InChI is InChI=1S/C18H22N2O4S/c1-13-11-15(7-9-19-13)20-18(21)17-14(8-10-24-17)12-25(22,23)16-5-3-2-4-6-16/h2-6,8,10,13,15,19H,7,9,11-12H2,1H3,(H,20,21). The minimum Gasteiger partial charge on any atom is -0.459 e. The number of rotatable bonds is 5. The highest BCUT2D eigenvalue weighted by Crippen LogP contribution is 2.20. The van der Waals surface area contributed by atoms with Crippen molar-refractivity contribution in [2.24, 2.45) is 0 Å². The molecule has 2 atom stereocenters. The highest BCUT2D eigenvalue weighted by atomic mass is 32.2. The molecule has 0 saturated carbocycles. The molecular weight excluding hydrogens is 340 g/mol. The Morgan fingerprint density at radius 2 is 2.04 bits per heavy atom. The van der Waals surface area contributed by atoms with Crippen LogP contribution in [0.25, 0.3) is 0 Å². The first-order valence-corrected chi connectivity index (χ1v) is 9.99. The second-order valence-corrected chi connectivity index (χ2v) is 8.39. The molecule has 0 aliphatic carbocycles. The van der Waals surface area contributed by atoms with E-state index >= 15 is 0 Å². The zero-order chi connectivity index (χ0) is 17.9. The van der Waals surface area contributed by atoms with Gasteiger partial charge in [0.05, 0.1) is 16.9 Å². The normalized spacial score (nSPS) is 21.0. The van der Waals surface area contributed by atoms with E-state index in [4.69, 9.17) is 4.42 Å². The van der Waals surface area contributed by atoms with Gasteiger partial charge < -0.3 is 15.1 Å². The van der Waals surface area contributed by atoms with Crippen LogP contribution in [0.3, 0.4) is 0 Å². The Kier molecular flexibility index (Phi) is 5.24. The Hall–Kier alpha value is -2.12. The fourth-order valence-corrected chi connectivity index (χ4v) is 4.45. The maximum Gasteiger partial charge on any atom is 0.287 e. The molecular formula is C18H22N2O4S. The van der Waals surface area contributed by atoms with Gasteiger partial charge in [-0.2, -0.15) is 0 Å². The summed E-state index contributed by atoms with van der Waals surface area (Å²) in [6.45, 7) is 2.92. The van der Waals surface area contributed by atoms with Crippen LogP contribution in [-0.4, -0.2) is 33.0 Å². The van der Waals surface area contributed by atoms with Gasteiger partial charge in [0, 0.05) is 17.6 Å². The lowest BCUT2D eigenvalue weighted by Gasteiger charge is -2.28. The smallest absolute Gasteiger partial charge is 0.287 e. The fraction of sp³-hybridized carbons (Fsp3) is 0.389. The van der Waals surface area contributed by atoms with Crippen molar-refractivity contribution in [1.29, 1.82) is 0 Å². The number of hydrogen-bond acceptors (Lipinski definition) is 5. The van der Waals surface area contributed by atoms with Crippen molar-refractivity contribution in [3.8, 4) is 0 Å². The fourth-order valence-electron chi connectivity index (χ4n) is 3.08. The van der Waals surface area contributed by atoms with E-state index in [1.165, 1.54) is 6.26 Å². The third-order valence-electron chi connectivity index (χ3n) is 4.36. The molecule has 134 valence electrons. The first-order chi connectivity index (χ1) is 12.0. The lowest BCUT2D eigenvalue weighted by Crippen LogP contribution is -2.46. The number of nitrogens with one attached hydrogen (secondary N) is 2. The van der Waals surface area contributed by atoms with Gasteiger partial charge in [0.15, 0.2) is 15.6 Å². The zero-order valence-corrected chi connectivity index (χ0v) is 14.9. The number of furan rings is 1. The van der Waals surface area contributed by atoms with Crippen LogP contribution in [-0.2, 0) is 15.6 Å². The molecule has 0 radical (unpaired) electrons. The summed E-state index contributed by atoms with van der Waals surface area (Å²) in [7, 11) is -3.53. The first-order valence-electron chi connectivity index (χ1n) is 8.34. The Bertz CT molecular complexity index is 830. The van der Waals surface area contributed by atoms with Crippen molar-refractivity contribution in [2.45, 2.75) is 42.5 Å². The van der Waals surface area contributed by atoms with E-state index in [-0.39, 0.29) is 28.4 Å². The molecule has 1 aromatic heterocycles. The van der Waals surface area contributed by atoms with Crippen molar-refractivity contribution in [2.75, 3.05) is 6.54 Å². The lowest BCUT2D eigenvalue weighted by molar-refractivity contribution is 0.0896. The molecule has 2 aromatic rings. The predicted molar refractivity (Wildman–Crippen MR) is 94.0 cm³/mol. The predicted octanol–water partition coefficient (Wildman–Crippen LogP) is 2.12. The second-order valence-electron chi connectivity index (χ2n) is 6.40. The largest absolute Gasteiger partial charge is 0.459 e. The molecule has 1 aliphatic rings. The number of amides is 1. The second kappa shape index (κ2) is 7.41. The molecule has 2 N–H and O–H groups in total. The van der Waals surface area contributed by atoms with Crippen molar-refractivity contribution >= 4 is 15.7 Å². The molecule has 7 heteroatoms. The molecule has 1 aromatic carbocycles. The quantitative estimate of drug-likeness (QED) is 0.851. The molecule has 0 spiro atoms. The van der Waals surface area contributed by atoms with Crippen molar-refractivity contribution in [3.05, 3.63) is 54.0 Å². The molecule has 6 nitrogen and oxygen atoms in total. The van der Waals surface area contributed by atoms with Gasteiger partial charge in [-0.1, -0.05) is 18.2 Å². The summed E-state index contributed by atoms with van der Waals surface area (Å²) in [5.74, 6) is -0.549. The molecule has 1 fully saturated rings. The topological polar surface area (TPSA) is 88.4 Å². The van der Waals surface area contributed by atoms with Crippen LogP contribution in [0.2, 0.25) is 0 Å². The SMILES string of the molecule is CC1CC(NC(=O)c2occc2CS(=O)(=O)c2ccccc2)CCN1. The number of hydrogen-bond donors (Lipinski definition) is 2. The molecule has 1 saturated heterocycles. The van der Waals surface area contributed by atoms with Gasteiger partial charge in [0.1, 0.15) is 0 Å². The molecule has 25 heavy (non-hydrogen) atoms. The van der Waals surface area contributed by atoms with E-state index in [1.54, 1.807) is 36.4 Å². The third kappa shape index (κ3) is 4.29. The lowest BCUT2D eigenvalue weighted by atomic mass is 10.0. The highest BCUT2D eigenvalue weighted by Gasteiger charge is 2.25. The average Bonchev–Trinajstić information content (AvgIpc) is 3.03. The van der Waals surface area contributed by atoms with Gasteiger partial charge in [-0.15, -0.1) is 0 Å². The molecule has 0 bridgehead atoms. The van der Waals surface area contributed by atoms with E-state index in [0.29, 0.717) is 11.6 Å². The Balaban J connectivity index is 1.73. The van der Waals surface area contributed by atoms with Gasteiger partial charge in [-0.25, -0.2) is 8.42 Å². The summed E-state index contributed by atoms with van der Waals surface area (Å²) in [4.78, 5) is 12.7. The highest BCUT2D eigenvalue weighted by molar-refractivity contribution is 7.90. The summed E-state index contributed by atoms with van der Waals surface area (Å²) < 4.78 is 30.3. The molecule has 1 aliphatic heterocycles.